The third-order valence-electron chi connectivity index (χ3n) is 13.2. The predicted octanol–water partition coefficient (Wildman–Crippen LogP) is 15.8. The maximum atomic E-state index is 10.9. The summed E-state index contributed by atoms with van der Waals surface area (Å²) >= 11 is 0. The van der Waals surface area contributed by atoms with Crippen molar-refractivity contribution in [3.63, 3.8) is 0 Å². The van der Waals surface area contributed by atoms with E-state index >= 15 is 0 Å². The van der Waals surface area contributed by atoms with E-state index in [4.69, 9.17) is 0 Å². The number of benzene rings is 10. The van der Waals surface area contributed by atoms with Crippen molar-refractivity contribution in [3.8, 4) is 85.2 Å². The van der Waals surface area contributed by atoms with Gasteiger partial charge in [-0.1, -0.05) is 164 Å². The summed E-state index contributed by atoms with van der Waals surface area (Å²) in [4.78, 5) is 0. The monoisotopic (exact) mass is 863 g/mol. The number of nitrogens with zero attached hydrogens (tertiary/aromatic N) is 5. The van der Waals surface area contributed by atoms with Gasteiger partial charge in [0.15, 0.2) is 0 Å². The van der Waals surface area contributed by atoms with Crippen molar-refractivity contribution in [2.45, 2.75) is 0 Å². The lowest BCUT2D eigenvalue weighted by atomic mass is 9.95. The first-order valence-electron chi connectivity index (χ1n) is 22.5. The first kappa shape index (κ1) is 39.8. The van der Waals surface area contributed by atoms with Gasteiger partial charge in [-0.15, -0.1) is 0 Å². The molecule has 0 saturated carbocycles. The summed E-state index contributed by atoms with van der Waals surface area (Å²) in [5, 5.41) is 36.8. The second kappa shape index (κ2) is 16.4. The molecule has 0 aliphatic heterocycles. The fraction of sp³-hybridized carbons (Fsp3) is 0. The largest absolute Gasteiger partial charge is 0.308 e. The number of nitriles is 3. The van der Waals surface area contributed by atoms with Gasteiger partial charge in [-0.05, 0) is 111 Å². The Morgan fingerprint density at radius 1 is 0.250 bits per heavy atom. The van der Waals surface area contributed by atoms with Gasteiger partial charge >= 0.3 is 0 Å². The molecule has 68 heavy (non-hydrogen) atoms. The molecule has 0 bridgehead atoms. The van der Waals surface area contributed by atoms with Crippen LogP contribution in [0, 0.1) is 34.0 Å². The molecule has 0 fully saturated rings. The van der Waals surface area contributed by atoms with Gasteiger partial charge in [-0.3, -0.25) is 0 Å². The zero-order valence-electron chi connectivity index (χ0n) is 36.6. The van der Waals surface area contributed by atoms with Gasteiger partial charge < -0.3 is 9.13 Å². The predicted molar refractivity (Wildman–Crippen MR) is 276 cm³/mol. The Bertz CT molecular complexity index is 4090. The van der Waals surface area contributed by atoms with E-state index in [1.165, 1.54) is 0 Å². The van der Waals surface area contributed by atoms with Crippen LogP contribution in [0.25, 0.3) is 111 Å². The highest BCUT2D eigenvalue weighted by molar-refractivity contribution is 6.13. The van der Waals surface area contributed by atoms with Crippen LogP contribution >= 0.6 is 0 Å². The normalized spacial score (nSPS) is 11.2. The smallest absolute Gasteiger partial charge is 0.101 e. The molecule has 0 spiro atoms. The summed E-state index contributed by atoms with van der Waals surface area (Å²) in [7, 11) is 0. The van der Waals surface area contributed by atoms with Crippen LogP contribution in [-0.2, 0) is 0 Å². The van der Waals surface area contributed by atoms with Crippen molar-refractivity contribution in [1.82, 2.24) is 9.13 Å². The second-order valence-electron chi connectivity index (χ2n) is 17.0. The average Bonchev–Trinajstić information content (AvgIpc) is 3.92. The molecule has 0 amide bonds. The molecule has 10 aromatic carbocycles. The highest BCUT2D eigenvalue weighted by Gasteiger charge is 2.22. The molecule has 5 nitrogen and oxygen atoms in total. The number of rotatable bonds is 7. The van der Waals surface area contributed by atoms with E-state index in [0.717, 1.165) is 93.7 Å². The molecule has 5 heteroatoms. The maximum Gasteiger partial charge on any atom is 0.101 e. The van der Waals surface area contributed by atoms with Crippen LogP contribution in [0.2, 0.25) is 0 Å². The minimum absolute atomic E-state index is 0.360. The molecule has 2 aromatic heterocycles. The fourth-order valence-electron chi connectivity index (χ4n) is 9.97. The number of fused-ring (bicyclic) bond motifs is 6. The SMILES string of the molecule is N#Cc1cc(C#N)c(-n2c3ccc(-c4ccccc4)cc3c3ccc(-c4ccccc4)cc32)cc1-c1ccc(C#N)c(-n2c3ccc(-c4ccccc4)cc3c3ccc(-c4ccccc4)cc32)c1. The molecule has 0 N–H and O–H groups in total. The van der Waals surface area contributed by atoms with E-state index in [1.807, 2.05) is 84.9 Å². The molecule has 0 aliphatic rings. The average molecular weight is 864 g/mol. The summed E-state index contributed by atoms with van der Waals surface area (Å²) in [6, 6.07) is 84.3. The molecule has 0 aliphatic carbocycles. The molecule has 314 valence electrons. The van der Waals surface area contributed by atoms with Crippen molar-refractivity contribution < 1.29 is 0 Å². The highest BCUT2D eigenvalue weighted by atomic mass is 15.0. The number of hydrogen-bond donors (Lipinski definition) is 0. The van der Waals surface area contributed by atoms with Crippen molar-refractivity contribution in [2.75, 3.05) is 0 Å². The van der Waals surface area contributed by atoms with Gasteiger partial charge in [0, 0.05) is 27.1 Å². The summed E-state index contributed by atoms with van der Waals surface area (Å²) < 4.78 is 4.36. The quantitative estimate of drug-likeness (QED) is 0.160. The molecular weight excluding hydrogens is 827 g/mol. The van der Waals surface area contributed by atoms with Gasteiger partial charge in [0.05, 0.1) is 56.2 Å². The minimum Gasteiger partial charge on any atom is -0.308 e. The molecule has 12 rings (SSSR count). The standard InChI is InChI=1S/C63H37N5/c64-38-50-22-21-49(36-60(50)67-58-29-25-45(41-13-5-1-6-14-41)32-56(58)53-27-23-47(34-62(53)67)43-17-9-3-10-18-43)55-37-61(52(40-66)31-51(55)39-65)68-59-30-26-46(42-15-7-2-8-16-42)33-57(59)54-28-24-48(35-63(54)68)44-19-11-4-12-20-44/h1-37H. The number of hydrogen-bond acceptors (Lipinski definition) is 3. The van der Waals surface area contributed by atoms with Crippen LogP contribution < -0.4 is 0 Å². The summed E-state index contributed by atoms with van der Waals surface area (Å²) in [5.41, 5.74) is 16.4. The van der Waals surface area contributed by atoms with Crippen molar-refractivity contribution in [2.24, 2.45) is 0 Å². The lowest BCUT2D eigenvalue weighted by Gasteiger charge is -2.16. The van der Waals surface area contributed by atoms with Gasteiger partial charge in [-0.2, -0.15) is 15.8 Å². The molecule has 0 radical (unpaired) electrons. The Balaban J connectivity index is 1.10. The number of aromatic nitrogens is 2. The van der Waals surface area contributed by atoms with Crippen LogP contribution in [0.1, 0.15) is 16.7 Å². The first-order chi connectivity index (χ1) is 33.6. The third-order valence-corrected chi connectivity index (χ3v) is 13.2. The Labute approximate surface area is 393 Å². The molecule has 12 aromatic rings. The lowest BCUT2D eigenvalue weighted by Crippen LogP contribution is -2.02. The Kier molecular flexibility index (Phi) is 9.58. The summed E-state index contributed by atoms with van der Waals surface area (Å²) in [6.07, 6.45) is 0. The molecule has 0 unspecified atom stereocenters. The van der Waals surface area contributed by atoms with Gasteiger partial charge in [0.1, 0.15) is 12.1 Å². The van der Waals surface area contributed by atoms with Crippen molar-refractivity contribution >= 4 is 43.6 Å². The Hall–Kier alpha value is -9.73. The van der Waals surface area contributed by atoms with E-state index in [1.54, 1.807) is 6.07 Å². The second-order valence-corrected chi connectivity index (χ2v) is 17.0. The molecule has 0 saturated heterocycles. The molecule has 0 atom stereocenters. The van der Waals surface area contributed by atoms with E-state index in [9.17, 15) is 15.8 Å². The molecular formula is C63H37N5. The summed E-state index contributed by atoms with van der Waals surface area (Å²) in [6.45, 7) is 0. The highest BCUT2D eigenvalue weighted by Crippen LogP contribution is 2.42. The fourth-order valence-corrected chi connectivity index (χ4v) is 9.97. The maximum absolute atomic E-state index is 10.9. The zero-order chi connectivity index (χ0) is 45.7. The third kappa shape index (κ3) is 6.61. The van der Waals surface area contributed by atoms with Crippen LogP contribution in [0.4, 0.5) is 0 Å². The van der Waals surface area contributed by atoms with E-state index in [0.29, 0.717) is 33.6 Å². The van der Waals surface area contributed by atoms with Crippen molar-refractivity contribution in [1.29, 1.82) is 15.8 Å². The summed E-state index contributed by atoms with van der Waals surface area (Å²) in [5.74, 6) is 0. The van der Waals surface area contributed by atoms with Crippen molar-refractivity contribution in [3.05, 3.63) is 241 Å². The molecule has 2 heterocycles. The van der Waals surface area contributed by atoms with Gasteiger partial charge in [0.25, 0.3) is 0 Å². The van der Waals surface area contributed by atoms with Gasteiger partial charge in [0.2, 0.25) is 0 Å². The van der Waals surface area contributed by atoms with E-state index < -0.39 is 0 Å². The lowest BCUT2D eigenvalue weighted by molar-refractivity contribution is 1.16. The van der Waals surface area contributed by atoms with Crippen LogP contribution in [-0.4, -0.2) is 9.13 Å². The van der Waals surface area contributed by atoms with Crippen LogP contribution in [0.15, 0.2) is 224 Å². The van der Waals surface area contributed by atoms with E-state index in [2.05, 4.69) is 161 Å². The van der Waals surface area contributed by atoms with Crippen LogP contribution in [0.5, 0.6) is 0 Å². The van der Waals surface area contributed by atoms with Crippen LogP contribution in [0.3, 0.4) is 0 Å². The minimum atomic E-state index is 0.360. The topological polar surface area (TPSA) is 81.2 Å². The van der Waals surface area contributed by atoms with E-state index in [-0.39, 0.29) is 0 Å². The Morgan fingerprint density at radius 3 is 1.06 bits per heavy atom. The first-order valence-corrected chi connectivity index (χ1v) is 22.5. The Morgan fingerprint density at radius 2 is 0.632 bits per heavy atom. The van der Waals surface area contributed by atoms with Gasteiger partial charge in [-0.25, -0.2) is 0 Å². The zero-order valence-corrected chi connectivity index (χ0v) is 36.6.